The summed E-state index contributed by atoms with van der Waals surface area (Å²) < 4.78 is 37.8. The third-order valence-corrected chi connectivity index (χ3v) is 3.25. The van der Waals surface area contributed by atoms with Crippen molar-refractivity contribution >= 4 is 28.9 Å². The summed E-state index contributed by atoms with van der Waals surface area (Å²) in [6.07, 6.45) is -4.31. The highest BCUT2D eigenvalue weighted by Gasteiger charge is 2.30. The quantitative estimate of drug-likeness (QED) is 0.819. The van der Waals surface area contributed by atoms with Gasteiger partial charge < -0.3 is 10.6 Å². The van der Waals surface area contributed by atoms with E-state index >= 15 is 0 Å². The van der Waals surface area contributed by atoms with E-state index in [-0.39, 0.29) is 18.0 Å². The monoisotopic (exact) mass is 342 g/mol. The zero-order valence-corrected chi connectivity index (χ0v) is 12.7. The lowest BCUT2D eigenvalue weighted by atomic mass is 10.2. The van der Waals surface area contributed by atoms with Crippen LogP contribution in [0.2, 0.25) is 5.02 Å². The summed E-state index contributed by atoms with van der Waals surface area (Å²) in [5.41, 5.74) is 0.132. The molecule has 0 aliphatic rings. The molecule has 2 aromatic rings. The van der Waals surface area contributed by atoms with Gasteiger partial charge in [0.05, 0.1) is 5.56 Å². The van der Waals surface area contributed by atoms with Gasteiger partial charge in [-0.1, -0.05) is 17.7 Å². The summed E-state index contributed by atoms with van der Waals surface area (Å²) in [4.78, 5) is 11.8. The minimum Gasteiger partial charge on any atom is -0.385 e. The van der Waals surface area contributed by atoms with E-state index in [1.54, 1.807) is 24.3 Å². The maximum Gasteiger partial charge on any atom is 0.416 e. The van der Waals surface area contributed by atoms with Gasteiger partial charge in [0.1, 0.15) is 0 Å². The second-order valence-corrected chi connectivity index (χ2v) is 5.25. The zero-order chi connectivity index (χ0) is 16.9. The molecule has 0 saturated carbocycles. The topological polar surface area (TPSA) is 41.1 Å². The molecule has 0 saturated heterocycles. The van der Waals surface area contributed by atoms with E-state index in [0.717, 1.165) is 17.8 Å². The van der Waals surface area contributed by atoms with Crippen LogP contribution in [0, 0.1) is 0 Å². The van der Waals surface area contributed by atoms with Crippen molar-refractivity contribution in [1.29, 1.82) is 0 Å². The number of anilines is 2. The molecule has 0 aliphatic carbocycles. The van der Waals surface area contributed by atoms with Crippen LogP contribution >= 0.6 is 11.6 Å². The molecule has 7 heteroatoms. The van der Waals surface area contributed by atoms with Crippen LogP contribution < -0.4 is 10.6 Å². The van der Waals surface area contributed by atoms with Crippen molar-refractivity contribution in [2.75, 3.05) is 17.2 Å². The van der Waals surface area contributed by atoms with Crippen LogP contribution in [-0.4, -0.2) is 12.5 Å². The lowest BCUT2D eigenvalue weighted by Crippen LogP contribution is -2.16. The Hall–Kier alpha value is -2.21. The number of nitrogens with one attached hydrogen (secondary N) is 2. The summed E-state index contributed by atoms with van der Waals surface area (Å²) in [6, 6.07) is 11.5. The van der Waals surface area contributed by atoms with Crippen LogP contribution in [0.25, 0.3) is 0 Å². The molecule has 2 aromatic carbocycles. The van der Waals surface area contributed by atoms with Crippen molar-refractivity contribution in [3.63, 3.8) is 0 Å². The number of hydrogen-bond donors (Lipinski definition) is 2. The molecule has 0 fully saturated rings. The van der Waals surface area contributed by atoms with Gasteiger partial charge in [0, 0.05) is 29.4 Å². The van der Waals surface area contributed by atoms with Crippen molar-refractivity contribution in [3.8, 4) is 0 Å². The first kappa shape index (κ1) is 17.1. The highest BCUT2D eigenvalue weighted by atomic mass is 35.5. The predicted octanol–water partition coefficient (Wildman–Crippen LogP) is 4.80. The Morgan fingerprint density at radius 1 is 1.04 bits per heavy atom. The summed E-state index contributed by atoms with van der Waals surface area (Å²) in [5.74, 6) is -0.370. The van der Waals surface area contributed by atoms with Gasteiger partial charge in [-0.2, -0.15) is 13.2 Å². The standard InChI is InChI=1S/C16H14ClF3N2O/c17-12-4-6-13(7-5-12)21-9-8-15(23)22-14-3-1-2-11(10-14)16(18,19)20/h1-7,10,21H,8-9H2,(H,22,23). The van der Waals surface area contributed by atoms with Crippen molar-refractivity contribution in [3.05, 3.63) is 59.1 Å². The van der Waals surface area contributed by atoms with E-state index in [4.69, 9.17) is 11.6 Å². The Kier molecular flexibility index (Phi) is 5.50. The van der Waals surface area contributed by atoms with Gasteiger partial charge in [0.15, 0.2) is 0 Å². The average molecular weight is 343 g/mol. The molecule has 0 unspecified atom stereocenters. The van der Waals surface area contributed by atoms with Gasteiger partial charge in [-0.05, 0) is 42.5 Å². The van der Waals surface area contributed by atoms with E-state index < -0.39 is 11.7 Å². The molecule has 2 N–H and O–H groups in total. The fourth-order valence-corrected chi connectivity index (χ4v) is 2.01. The average Bonchev–Trinajstić information content (AvgIpc) is 2.49. The van der Waals surface area contributed by atoms with Crippen LogP contribution in [0.3, 0.4) is 0 Å². The molecule has 23 heavy (non-hydrogen) atoms. The third kappa shape index (κ3) is 5.49. The molecule has 0 aromatic heterocycles. The number of carbonyl (C=O) groups excluding carboxylic acids is 1. The maximum atomic E-state index is 12.6. The third-order valence-electron chi connectivity index (χ3n) is 3.00. The molecular weight excluding hydrogens is 329 g/mol. The minimum absolute atomic E-state index is 0.122. The first-order valence-corrected chi connectivity index (χ1v) is 7.19. The number of halogens is 4. The lowest BCUT2D eigenvalue weighted by Gasteiger charge is -2.10. The fourth-order valence-electron chi connectivity index (χ4n) is 1.88. The Morgan fingerprint density at radius 2 is 1.74 bits per heavy atom. The predicted molar refractivity (Wildman–Crippen MR) is 84.6 cm³/mol. The van der Waals surface area contributed by atoms with Gasteiger partial charge in [-0.3, -0.25) is 4.79 Å². The zero-order valence-electron chi connectivity index (χ0n) is 12.0. The molecule has 1 amide bonds. The van der Waals surface area contributed by atoms with Gasteiger partial charge in [0.25, 0.3) is 0 Å². The summed E-state index contributed by atoms with van der Waals surface area (Å²) in [6.45, 7) is 0.354. The first-order valence-electron chi connectivity index (χ1n) is 6.81. The van der Waals surface area contributed by atoms with Crippen molar-refractivity contribution in [1.82, 2.24) is 0 Å². The number of alkyl halides is 3. The van der Waals surface area contributed by atoms with E-state index in [2.05, 4.69) is 10.6 Å². The van der Waals surface area contributed by atoms with Crippen molar-refractivity contribution < 1.29 is 18.0 Å². The Balaban J connectivity index is 1.84. The van der Waals surface area contributed by atoms with Crippen LogP contribution in [-0.2, 0) is 11.0 Å². The van der Waals surface area contributed by atoms with Crippen LogP contribution in [0.4, 0.5) is 24.5 Å². The molecule has 0 aliphatic heterocycles. The molecular formula is C16H14ClF3N2O. The largest absolute Gasteiger partial charge is 0.416 e. The molecule has 122 valence electrons. The van der Waals surface area contributed by atoms with Crippen LogP contribution in [0.1, 0.15) is 12.0 Å². The number of rotatable bonds is 5. The summed E-state index contributed by atoms with van der Waals surface area (Å²) in [7, 11) is 0. The van der Waals surface area contributed by atoms with E-state index in [0.29, 0.717) is 11.6 Å². The molecule has 0 bridgehead atoms. The Labute approximate surface area is 136 Å². The molecule has 0 spiro atoms. The Morgan fingerprint density at radius 3 is 2.39 bits per heavy atom. The van der Waals surface area contributed by atoms with E-state index in [1.165, 1.54) is 12.1 Å². The molecule has 2 rings (SSSR count). The first-order chi connectivity index (χ1) is 10.8. The molecule has 0 heterocycles. The van der Waals surface area contributed by atoms with Gasteiger partial charge in [0.2, 0.25) is 5.91 Å². The fraction of sp³-hybridized carbons (Fsp3) is 0.188. The van der Waals surface area contributed by atoms with Crippen molar-refractivity contribution in [2.45, 2.75) is 12.6 Å². The van der Waals surface area contributed by atoms with Gasteiger partial charge >= 0.3 is 6.18 Å². The number of carbonyl (C=O) groups is 1. The van der Waals surface area contributed by atoms with Gasteiger partial charge in [-0.25, -0.2) is 0 Å². The van der Waals surface area contributed by atoms with Crippen LogP contribution in [0.15, 0.2) is 48.5 Å². The van der Waals surface area contributed by atoms with Crippen molar-refractivity contribution in [2.24, 2.45) is 0 Å². The lowest BCUT2D eigenvalue weighted by molar-refractivity contribution is -0.137. The highest BCUT2D eigenvalue weighted by Crippen LogP contribution is 2.30. The SMILES string of the molecule is O=C(CCNc1ccc(Cl)cc1)Nc1cccc(C(F)(F)F)c1. The minimum atomic E-state index is -4.43. The Bertz CT molecular complexity index is 672. The molecule has 0 atom stereocenters. The number of benzene rings is 2. The molecule has 0 radical (unpaired) electrons. The number of amides is 1. The maximum absolute atomic E-state index is 12.6. The second kappa shape index (κ2) is 7.37. The summed E-state index contributed by atoms with van der Waals surface area (Å²) >= 11 is 5.76. The normalized spacial score (nSPS) is 11.1. The highest BCUT2D eigenvalue weighted by molar-refractivity contribution is 6.30. The number of hydrogen-bond acceptors (Lipinski definition) is 2. The van der Waals surface area contributed by atoms with Gasteiger partial charge in [-0.15, -0.1) is 0 Å². The van der Waals surface area contributed by atoms with Crippen LogP contribution in [0.5, 0.6) is 0 Å². The van der Waals surface area contributed by atoms with E-state index in [1.807, 2.05) is 0 Å². The smallest absolute Gasteiger partial charge is 0.385 e. The molecule has 3 nitrogen and oxygen atoms in total. The van der Waals surface area contributed by atoms with E-state index in [9.17, 15) is 18.0 Å². The second-order valence-electron chi connectivity index (χ2n) is 4.81. The summed E-state index contributed by atoms with van der Waals surface area (Å²) in [5, 5.41) is 6.08.